The van der Waals surface area contributed by atoms with E-state index in [1.165, 1.54) is 0 Å². The van der Waals surface area contributed by atoms with E-state index in [-0.39, 0.29) is 41.5 Å². The summed E-state index contributed by atoms with van der Waals surface area (Å²) in [6.45, 7) is 6.52. The van der Waals surface area contributed by atoms with E-state index >= 15 is 0 Å². The van der Waals surface area contributed by atoms with Crippen LogP contribution in [0.1, 0.15) is 58.4 Å². The number of fused-ring (bicyclic) bond motifs is 3. The average Bonchev–Trinajstić information content (AvgIpc) is 3.32. The lowest BCUT2D eigenvalue weighted by atomic mass is 9.44. The second-order valence-corrected chi connectivity index (χ2v) is 11.0. The summed E-state index contributed by atoms with van der Waals surface area (Å²) < 4.78 is 12.2. The quantitative estimate of drug-likeness (QED) is 0.691. The van der Waals surface area contributed by atoms with Crippen LogP contribution >= 0.6 is 0 Å². The molecule has 2 N–H and O–H groups in total. The van der Waals surface area contributed by atoms with E-state index in [1.807, 2.05) is 49.4 Å². The molecule has 0 bridgehead atoms. The molecule has 1 unspecified atom stereocenters. The minimum Gasteiger partial charge on any atom is -0.423 e. The van der Waals surface area contributed by atoms with E-state index < -0.39 is 11.5 Å². The molecular weight excluding hydrogens is 404 g/mol. The number of benzene rings is 1. The Morgan fingerprint density at radius 2 is 1.84 bits per heavy atom. The van der Waals surface area contributed by atoms with Crippen molar-refractivity contribution in [1.29, 1.82) is 0 Å². The van der Waals surface area contributed by atoms with Gasteiger partial charge in [-0.2, -0.15) is 0 Å². The number of aliphatic hydroxyl groups is 2. The van der Waals surface area contributed by atoms with Gasteiger partial charge in [0, 0.05) is 5.41 Å². The highest BCUT2D eigenvalue weighted by Gasteiger charge is 2.65. The van der Waals surface area contributed by atoms with Gasteiger partial charge in [0.1, 0.15) is 5.76 Å². The van der Waals surface area contributed by atoms with E-state index in [0.717, 1.165) is 31.2 Å². The fourth-order valence-electron chi connectivity index (χ4n) is 7.39. The van der Waals surface area contributed by atoms with Crippen LogP contribution in [-0.4, -0.2) is 40.6 Å². The standard InChI is InChI=1S/C27H34O5/c1-25-11-10-23(29)26(2,16-28)21(25)9-12-27(3)22(25)15-20(32-27)19-14-18(31-24(19)30)13-17-7-5-4-6-8-17/h4-8,13-14,20-23,28-29H,9-12,15-16H2,1-3H3/b18-13-/t20?,21-,22-,23+,25+,26-,27+/m0/s1. The van der Waals surface area contributed by atoms with Crippen molar-refractivity contribution in [2.24, 2.45) is 22.7 Å². The number of hydrogen-bond donors (Lipinski definition) is 2. The number of allylic oxidation sites excluding steroid dienone is 1. The summed E-state index contributed by atoms with van der Waals surface area (Å²) in [5.74, 6) is 0.716. The molecule has 5 rings (SSSR count). The number of rotatable bonds is 3. The Hall–Kier alpha value is -1.95. The van der Waals surface area contributed by atoms with Crippen LogP contribution in [0.25, 0.3) is 6.08 Å². The lowest BCUT2D eigenvalue weighted by molar-refractivity contribution is -0.197. The van der Waals surface area contributed by atoms with Gasteiger partial charge in [0.05, 0.1) is 30.0 Å². The van der Waals surface area contributed by atoms with Crippen LogP contribution < -0.4 is 0 Å². The molecule has 1 aromatic carbocycles. The van der Waals surface area contributed by atoms with E-state index in [0.29, 0.717) is 17.8 Å². The zero-order valence-corrected chi connectivity index (χ0v) is 19.2. The number of carbonyl (C=O) groups is 1. The highest BCUT2D eigenvalue weighted by Crippen LogP contribution is 2.66. The Kier molecular flexibility index (Phi) is 5.16. The third kappa shape index (κ3) is 3.20. The molecule has 4 aliphatic rings. The summed E-state index contributed by atoms with van der Waals surface area (Å²) in [6, 6.07) is 9.82. The lowest BCUT2D eigenvalue weighted by Crippen LogP contribution is -2.61. The van der Waals surface area contributed by atoms with Gasteiger partial charge in [-0.05, 0) is 74.0 Å². The molecule has 2 aliphatic carbocycles. The SMILES string of the molecule is C[C@]1(CO)[C@H]2CC[C@@]3(C)OC(C4=C/C(=C/c5ccccc5)OC4=O)C[C@H]3[C@]2(C)CC[C@H]1O. The molecule has 2 heterocycles. The monoisotopic (exact) mass is 438 g/mol. The van der Waals surface area contributed by atoms with Crippen molar-refractivity contribution < 1.29 is 24.5 Å². The molecular formula is C27H34O5. The molecule has 1 saturated heterocycles. The molecule has 0 aromatic heterocycles. The van der Waals surface area contributed by atoms with Gasteiger partial charge >= 0.3 is 5.97 Å². The maximum absolute atomic E-state index is 12.7. The number of hydrogen-bond acceptors (Lipinski definition) is 5. The number of ether oxygens (including phenoxy) is 2. The zero-order valence-electron chi connectivity index (χ0n) is 19.2. The van der Waals surface area contributed by atoms with Crippen molar-refractivity contribution in [2.45, 2.75) is 70.7 Å². The van der Waals surface area contributed by atoms with Crippen LogP contribution in [0.4, 0.5) is 0 Å². The molecule has 2 saturated carbocycles. The van der Waals surface area contributed by atoms with Crippen molar-refractivity contribution in [3.63, 3.8) is 0 Å². The summed E-state index contributed by atoms with van der Waals surface area (Å²) >= 11 is 0. The van der Waals surface area contributed by atoms with Gasteiger partial charge in [0.2, 0.25) is 0 Å². The second kappa shape index (κ2) is 7.54. The summed E-state index contributed by atoms with van der Waals surface area (Å²) in [7, 11) is 0. The molecule has 5 nitrogen and oxygen atoms in total. The third-order valence-electron chi connectivity index (χ3n) is 9.17. The number of aliphatic hydroxyl groups excluding tert-OH is 2. The van der Waals surface area contributed by atoms with Crippen molar-refractivity contribution in [3.05, 3.63) is 53.3 Å². The van der Waals surface area contributed by atoms with Crippen LogP contribution in [0, 0.1) is 22.7 Å². The summed E-state index contributed by atoms with van der Waals surface area (Å²) in [4.78, 5) is 12.7. The van der Waals surface area contributed by atoms with Crippen LogP contribution in [0.2, 0.25) is 0 Å². The molecule has 2 aliphatic heterocycles. The molecule has 0 spiro atoms. The summed E-state index contributed by atoms with van der Waals surface area (Å²) in [6.07, 6.45) is 7.08. The number of esters is 1. The van der Waals surface area contributed by atoms with E-state index in [9.17, 15) is 15.0 Å². The molecule has 0 amide bonds. The van der Waals surface area contributed by atoms with Gasteiger partial charge in [-0.25, -0.2) is 4.79 Å². The number of cyclic esters (lactones) is 1. The van der Waals surface area contributed by atoms with Crippen molar-refractivity contribution in [1.82, 2.24) is 0 Å². The molecule has 5 heteroatoms. The summed E-state index contributed by atoms with van der Waals surface area (Å²) in [5, 5.41) is 20.9. The molecule has 32 heavy (non-hydrogen) atoms. The first-order chi connectivity index (χ1) is 15.2. The molecule has 3 fully saturated rings. The highest BCUT2D eigenvalue weighted by atomic mass is 16.6. The van der Waals surface area contributed by atoms with Gasteiger partial charge < -0.3 is 19.7 Å². The Labute approximate surface area is 190 Å². The normalized spacial score (nSPS) is 44.7. The largest absolute Gasteiger partial charge is 0.423 e. The van der Waals surface area contributed by atoms with Gasteiger partial charge in [0.15, 0.2) is 0 Å². The van der Waals surface area contributed by atoms with Crippen LogP contribution in [0.15, 0.2) is 47.7 Å². The van der Waals surface area contributed by atoms with Crippen LogP contribution in [0.3, 0.4) is 0 Å². The van der Waals surface area contributed by atoms with Gasteiger partial charge in [-0.15, -0.1) is 0 Å². The average molecular weight is 439 g/mol. The number of carbonyl (C=O) groups excluding carboxylic acids is 1. The van der Waals surface area contributed by atoms with E-state index in [1.54, 1.807) is 0 Å². The second-order valence-electron chi connectivity index (χ2n) is 11.0. The Balaban J connectivity index is 1.43. The maximum Gasteiger partial charge on any atom is 0.342 e. The fourth-order valence-corrected chi connectivity index (χ4v) is 7.39. The van der Waals surface area contributed by atoms with Crippen molar-refractivity contribution in [3.8, 4) is 0 Å². The third-order valence-corrected chi connectivity index (χ3v) is 9.17. The first-order valence-corrected chi connectivity index (χ1v) is 11.9. The van der Waals surface area contributed by atoms with Crippen LogP contribution in [-0.2, 0) is 14.3 Å². The predicted octanol–water partition coefficient (Wildman–Crippen LogP) is 4.24. The molecule has 7 atom stereocenters. The Bertz CT molecular complexity index is 968. The lowest BCUT2D eigenvalue weighted by Gasteiger charge is -2.61. The molecule has 172 valence electrons. The maximum atomic E-state index is 12.7. The Morgan fingerprint density at radius 3 is 2.56 bits per heavy atom. The molecule has 1 aromatic rings. The minimum absolute atomic E-state index is 0.00668. The zero-order chi connectivity index (χ0) is 22.7. The van der Waals surface area contributed by atoms with Gasteiger partial charge in [0.25, 0.3) is 0 Å². The van der Waals surface area contributed by atoms with Crippen molar-refractivity contribution in [2.75, 3.05) is 6.61 Å². The predicted molar refractivity (Wildman–Crippen MR) is 121 cm³/mol. The first-order valence-electron chi connectivity index (χ1n) is 11.9. The minimum atomic E-state index is -0.496. The van der Waals surface area contributed by atoms with E-state index in [2.05, 4.69) is 13.8 Å². The van der Waals surface area contributed by atoms with Crippen LogP contribution in [0.5, 0.6) is 0 Å². The highest BCUT2D eigenvalue weighted by molar-refractivity contribution is 5.95. The van der Waals surface area contributed by atoms with Gasteiger partial charge in [-0.1, -0.05) is 44.2 Å². The van der Waals surface area contributed by atoms with Crippen molar-refractivity contribution >= 4 is 12.0 Å². The summed E-state index contributed by atoms with van der Waals surface area (Å²) in [5.41, 5.74) is 0.721. The Morgan fingerprint density at radius 1 is 1.09 bits per heavy atom. The smallest absolute Gasteiger partial charge is 0.342 e. The topological polar surface area (TPSA) is 76.0 Å². The van der Waals surface area contributed by atoms with E-state index in [4.69, 9.17) is 9.47 Å². The van der Waals surface area contributed by atoms with Gasteiger partial charge in [-0.3, -0.25) is 0 Å². The first kappa shape index (κ1) is 21.9. The molecule has 0 radical (unpaired) electrons. The fraction of sp³-hybridized carbons (Fsp3) is 0.593.